The Morgan fingerprint density at radius 3 is 0.642 bits per heavy atom. The fourth-order valence-electron chi connectivity index (χ4n) is 32.4. The second-order valence-electron chi connectivity index (χ2n) is 54.4. The predicted molar refractivity (Wildman–Crippen MR) is 606 cm³/mol. The molecule has 0 nitrogen and oxygen atoms in total. The number of allylic oxidation sites excluding steroid dienone is 1. The highest BCUT2D eigenvalue weighted by Gasteiger charge is 2.55. The van der Waals surface area contributed by atoms with Crippen molar-refractivity contribution in [1.29, 1.82) is 0 Å². The highest BCUT2D eigenvalue weighted by Crippen LogP contribution is 2.64. The van der Waals surface area contributed by atoms with E-state index >= 15 is 0 Å². The topological polar surface area (TPSA) is 0 Å². The Bertz CT molecular complexity index is 2640. The van der Waals surface area contributed by atoms with Gasteiger partial charge >= 0.3 is 0 Å². The van der Waals surface area contributed by atoms with E-state index in [9.17, 15) is 0 Å². The summed E-state index contributed by atoms with van der Waals surface area (Å²) in [5, 5.41) is 0. The van der Waals surface area contributed by atoms with Gasteiger partial charge < -0.3 is 0 Å². The van der Waals surface area contributed by atoms with Crippen molar-refractivity contribution in [3.05, 3.63) is 12.7 Å². The van der Waals surface area contributed by atoms with Gasteiger partial charge in [-0.05, 0) is 326 Å². The fraction of sp³-hybridized carbons (Fsp3) is 0.985. The third kappa shape index (κ3) is 46.6. The van der Waals surface area contributed by atoms with E-state index in [-0.39, 0.29) is 0 Å². The molecule has 0 amide bonds. The summed E-state index contributed by atoms with van der Waals surface area (Å²) in [5.74, 6) is 15.0. The molecule has 5 unspecified atom stereocenters. The summed E-state index contributed by atoms with van der Waals surface area (Å²) in [6.07, 6.45) is 137. The molecule has 0 aromatic carbocycles. The quantitative estimate of drug-likeness (QED) is 0.0421. The van der Waals surface area contributed by atoms with Crippen molar-refractivity contribution in [3.8, 4) is 0 Å². The lowest BCUT2D eigenvalue weighted by Gasteiger charge is -2.58. The highest BCUT2D eigenvalue weighted by atomic mass is 14.6. The molecule has 6 rings (SSSR count). The zero-order valence-corrected chi connectivity index (χ0v) is 96.4. The first kappa shape index (κ1) is 122. The van der Waals surface area contributed by atoms with Crippen molar-refractivity contribution in [3.63, 3.8) is 0 Å². The standard InChI is InChI=1S/C134H256/c1-20-27-33-39-45-51-57-63-69-75-79-109-129(8,9)118-99-87-113(88-100-118)124(82-76-70-64-58-52-46-40-34-28-21-2)127(116-93-105-121(106-94-116)132(14,15)125(83-77-71-65-59-53-47-41-35-29-22-3)114-89-101-119(102-90-114)130(10,11)110-80-73-67-61-55-49-43-37-31-24-5)128(134(18,19)123-97-85-112(26-7)86-98-123)117-95-107-122(108-96-117)133(16,17)126(84-78-72-66-60-54-48-42-36-30-23-4)115-91-103-120(104-92-115)131(12,13)111-81-74-68-62-56-50-44-38-32-25-6/h26,112-128H,7,20-25,27-111H2,1-6,8-19H3. The largest absolute Gasteiger partial charge is 0.103 e. The molecule has 6 aliphatic rings. The van der Waals surface area contributed by atoms with Crippen molar-refractivity contribution in [1.82, 2.24) is 0 Å². The van der Waals surface area contributed by atoms with Crippen LogP contribution in [0.3, 0.4) is 0 Å². The summed E-state index contributed by atoms with van der Waals surface area (Å²) in [4.78, 5) is 0. The Hall–Kier alpha value is -0.260. The zero-order chi connectivity index (χ0) is 96.9. The van der Waals surface area contributed by atoms with Crippen LogP contribution in [-0.4, -0.2) is 0 Å². The van der Waals surface area contributed by atoms with Crippen LogP contribution in [0.5, 0.6) is 0 Å². The Labute approximate surface area is 849 Å². The molecule has 6 aliphatic carbocycles. The number of hydrogen-bond acceptors (Lipinski definition) is 0. The maximum atomic E-state index is 4.55. The predicted octanol–water partition coefficient (Wildman–Crippen LogP) is 47.5. The molecule has 0 aromatic heterocycles. The van der Waals surface area contributed by atoms with Crippen molar-refractivity contribution >= 4 is 0 Å². The van der Waals surface area contributed by atoms with Crippen LogP contribution in [0, 0.1) is 133 Å². The van der Waals surface area contributed by atoms with Gasteiger partial charge in [0.1, 0.15) is 0 Å². The van der Waals surface area contributed by atoms with Crippen molar-refractivity contribution in [2.24, 2.45) is 133 Å². The molecular formula is C134H256. The third-order valence-corrected chi connectivity index (χ3v) is 42.3. The van der Waals surface area contributed by atoms with Gasteiger partial charge in [-0.25, -0.2) is 0 Å². The summed E-state index contributed by atoms with van der Waals surface area (Å²) in [7, 11) is 0. The van der Waals surface area contributed by atoms with Gasteiger partial charge in [-0.15, -0.1) is 6.58 Å². The summed E-state index contributed by atoms with van der Waals surface area (Å²) < 4.78 is 0. The average molecular weight is 1870 g/mol. The third-order valence-electron chi connectivity index (χ3n) is 42.3. The molecule has 6 saturated carbocycles. The normalized spacial score (nSPS) is 24.6. The number of rotatable bonds is 84. The molecule has 5 atom stereocenters. The van der Waals surface area contributed by atoms with E-state index in [0.29, 0.717) is 32.5 Å². The Kier molecular flexibility index (Phi) is 65.9. The molecule has 6 fully saturated rings. The minimum absolute atomic E-state index is 0.336. The molecule has 0 heterocycles. The minimum atomic E-state index is 0.336. The van der Waals surface area contributed by atoms with Crippen LogP contribution >= 0.6 is 0 Å². The van der Waals surface area contributed by atoms with Crippen LogP contribution in [-0.2, 0) is 0 Å². The van der Waals surface area contributed by atoms with Crippen molar-refractivity contribution < 1.29 is 0 Å². The lowest BCUT2D eigenvalue weighted by atomic mass is 9.47. The number of hydrogen-bond donors (Lipinski definition) is 0. The molecule has 0 radical (unpaired) electrons. The van der Waals surface area contributed by atoms with E-state index in [1.165, 1.54) is 552 Å². The van der Waals surface area contributed by atoms with Crippen molar-refractivity contribution in [2.45, 2.75) is 709 Å². The molecule has 0 heteroatoms. The van der Waals surface area contributed by atoms with Gasteiger partial charge in [0, 0.05) is 0 Å². The SMILES string of the molecule is C=CC1CCC(C(C)(C)C(C2CCC(C(C)(C)C(CCCCCCCCCCCC)C3CCC(C(C)(C)CCCCCCCCCCCC)CC3)CC2)C(C2CCC(C(C)(C)C(CCCCCCCCCCCC)C3CCC(C(C)(C)CCCCCCCCCCCC)CC3)CC2)C(CCCCCCCCCCCC)C2CCC(C(C)(C)CCCCCCCCCCCCC)CC2)CC1. The molecule has 134 heavy (non-hydrogen) atoms. The highest BCUT2D eigenvalue weighted by molar-refractivity contribution is 5.05. The monoisotopic (exact) mass is 1870 g/mol. The summed E-state index contributed by atoms with van der Waals surface area (Å²) in [5.41, 5.74) is 2.57. The second-order valence-corrected chi connectivity index (χ2v) is 54.4. The lowest BCUT2D eigenvalue weighted by molar-refractivity contribution is -0.0892. The maximum Gasteiger partial charge on any atom is -0.0236 e. The zero-order valence-electron chi connectivity index (χ0n) is 96.4. The summed E-state index contributed by atoms with van der Waals surface area (Å²) >= 11 is 0. The molecule has 0 aromatic rings. The molecule has 792 valence electrons. The Balaban J connectivity index is 1.35. The van der Waals surface area contributed by atoms with Crippen LogP contribution in [0.15, 0.2) is 12.7 Å². The van der Waals surface area contributed by atoms with E-state index in [0.717, 1.165) is 101 Å². The first-order valence-corrected chi connectivity index (χ1v) is 64.5. The lowest BCUT2D eigenvalue weighted by Crippen LogP contribution is -2.50. The number of unbranched alkanes of at least 4 members (excludes halogenated alkanes) is 55. The van der Waals surface area contributed by atoms with Gasteiger partial charge in [0.2, 0.25) is 0 Å². The van der Waals surface area contributed by atoms with Gasteiger partial charge in [-0.1, -0.05) is 522 Å². The van der Waals surface area contributed by atoms with Crippen LogP contribution in [0.4, 0.5) is 0 Å². The maximum absolute atomic E-state index is 4.55. The van der Waals surface area contributed by atoms with E-state index in [1.54, 1.807) is 32.1 Å². The molecule has 0 saturated heterocycles. The van der Waals surface area contributed by atoms with Gasteiger partial charge in [0.25, 0.3) is 0 Å². The minimum Gasteiger partial charge on any atom is -0.103 e. The van der Waals surface area contributed by atoms with E-state index in [4.69, 9.17) is 0 Å². The van der Waals surface area contributed by atoms with Crippen LogP contribution in [0.25, 0.3) is 0 Å². The van der Waals surface area contributed by atoms with Gasteiger partial charge in [-0.3, -0.25) is 0 Å². The van der Waals surface area contributed by atoms with E-state index < -0.39 is 0 Å². The van der Waals surface area contributed by atoms with E-state index in [2.05, 4.69) is 137 Å². The van der Waals surface area contributed by atoms with Gasteiger partial charge in [0.05, 0.1) is 0 Å². The molecule has 0 N–H and O–H groups in total. The average Bonchev–Trinajstić information content (AvgIpc) is 0.742. The first-order chi connectivity index (χ1) is 64.9. The Morgan fingerprint density at radius 1 is 0.194 bits per heavy atom. The van der Waals surface area contributed by atoms with Crippen molar-refractivity contribution in [2.75, 3.05) is 0 Å². The second kappa shape index (κ2) is 72.1. The smallest absolute Gasteiger partial charge is 0.0236 e. The summed E-state index contributed by atoms with van der Waals surface area (Å²) in [6, 6.07) is 0. The van der Waals surface area contributed by atoms with Gasteiger partial charge in [0.15, 0.2) is 0 Å². The summed E-state index contributed by atoms with van der Waals surface area (Å²) in [6.45, 7) is 53.3. The molecular weight excluding hydrogens is 1610 g/mol. The van der Waals surface area contributed by atoms with Crippen LogP contribution in [0.2, 0.25) is 0 Å². The van der Waals surface area contributed by atoms with Crippen LogP contribution < -0.4 is 0 Å². The molecule has 0 aliphatic heterocycles. The molecule has 0 bridgehead atoms. The Morgan fingerprint density at radius 2 is 0.388 bits per heavy atom. The fourth-order valence-corrected chi connectivity index (χ4v) is 32.4. The van der Waals surface area contributed by atoms with Gasteiger partial charge in [-0.2, -0.15) is 0 Å². The molecule has 0 spiro atoms. The van der Waals surface area contributed by atoms with Crippen LogP contribution in [0.1, 0.15) is 709 Å². The first-order valence-electron chi connectivity index (χ1n) is 64.5. The van der Waals surface area contributed by atoms with E-state index in [1.807, 2.05) is 0 Å².